The summed E-state index contributed by atoms with van der Waals surface area (Å²) in [7, 11) is 3.80. The lowest BCUT2D eigenvalue weighted by Gasteiger charge is -2.29. The average Bonchev–Trinajstić information content (AvgIpc) is 3.55. The van der Waals surface area contributed by atoms with Crippen LogP contribution in [0.5, 0.6) is 5.88 Å². The molecule has 0 radical (unpaired) electrons. The van der Waals surface area contributed by atoms with Crippen molar-refractivity contribution in [3.63, 3.8) is 0 Å². The molecule has 4 heterocycles. The van der Waals surface area contributed by atoms with Crippen molar-refractivity contribution in [3.8, 4) is 17.0 Å². The number of fused-ring (bicyclic) bond motifs is 2. The van der Waals surface area contributed by atoms with Crippen LogP contribution in [0.4, 0.5) is 15.9 Å². The Morgan fingerprint density at radius 1 is 1.22 bits per heavy atom. The zero-order valence-corrected chi connectivity index (χ0v) is 20.7. The third-order valence-electron chi connectivity index (χ3n) is 6.90. The van der Waals surface area contributed by atoms with E-state index in [0.29, 0.717) is 35.5 Å². The van der Waals surface area contributed by atoms with Crippen molar-refractivity contribution in [1.29, 1.82) is 0 Å². The third kappa shape index (κ3) is 3.72. The first kappa shape index (κ1) is 22.7. The number of likely N-dealkylation sites (N-methyl/N-ethyl adjacent to an activating group) is 1. The van der Waals surface area contributed by atoms with E-state index in [1.807, 2.05) is 32.1 Å². The SMILES string of the molecule is Cc1c(-c2cc3cc(NC(=O)[C@H]4C[C@@H]4c4cnn(C)c4)nnc3c(Cl)c2F)cnc2c1N(C)CCO2. The number of anilines is 2. The van der Waals surface area contributed by atoms with E-state index < -0.39 is 5.82 Å². The highest BCUT2D eigenvalue weighted by molar-refractivity contribution is 6.35. The van der Waals surface area contributed by atoms with E-state index in [2.05, 4.69) is 25.6 Å². The van der Waals surface area contributed by atoms with Crippen molar-refractivity contribution in [2.24, 2.45) is 13.0 Å². The Morgan fingerprint density at radius 2 is 2.06 bits per heavy atom. The molecule has 2 atom stereocenters. The molecule has 6 rings (SSSR count). The van der Waals surface area contributed by atoms with Gasteiger partial charge in [0.25, 0.3) is 0 Å². The average molecular weight is 508 g/mol. The number of pyridine rings is 1. The molecule has 0 saturated heterocycles. The normalized spacial score (nSPS) is 18.6. The lowest BCUT2D eigenvalue weighted by Crippen LogP contribution is -2.30. The number of carbonyl (C=O) groups excluding carboxylic acids is 1. The predicted molar refractivity (Wildman–Crippen MR) is 134 cm³/mol. The van der Waals surface area contributed by atoms with Crippen molar-refractivity contribution in [2.45, 2.75) is 19.3 Å². The van der Waals surface area contributed by atoms with Gasteiger partial charge in [-0.15, -0.1) is 10.2 Å². The van der Waals surface area contributed by atoms with Gasteiger partial charge >= 0.3 is 0 Å². The molecule has 1 aliphatic carbocycles. The molecule has 1 N–H and O–H groups in total. The van der Waals surface area contributed by atoms with E-state index in [-0.39, 0.29) is 34.1 Å². The first-order valence-corrected chi connectivity index (χ1v) is 12.0. The molecular formula is C25H23ClFN7O2. The highest BCUT2D eigenvalue weighted by Gasteiger charge is 2.44. The highest BCUT2D eigenvalue weighted by atomic mass is 35.5. The Hall–Kier alpha value is -3.79. The van der Waals surface area contributed by atoms with Gasteiger partial charge in [-0.25, -0.2) is 9.37 Å². The second-order valence-corrected chi connectivity index (χ2v) is 9.70. The maximum Gasteiger partial charge on any atom is 0.237 e. The monoisotopic (exact) mass is 507 g/mol. The molecule has 1 aliphatic heterocycles. The summed E-state index contributed by atoms with van der Waals surface area (Å²) in [5.74, 6) is 0.0658. The summed E-state index contributed by atoms with van der Waals surface area (Å²) in [5.41, 5.74) is 3.82. The van der Waals surface area contributed by atoms with Crippen molar-refractivity contribution in [2.75, 3.05) is 30.4 Å². The van der Waals surface area contributed by atoms with E-state index in [0.717, 1.165) is 23.2 Å². The van der Waals surface area contributed by atoms with Gasteiger partial charge in [0.05, 0.1) is 12.7 Å². The number of ether oxygens (including phenoxy) is 1. The molecule has 11 heteroatoms. The van der Waals surface area contributed by atoms with Crippen molar-refractivity contribution >= 4 is 39.9 Å². The zero-order valence-electron chi connectivity index (χ0n) is 19.9. The lowest BCUT2D eigenvalue weighted by molar-refractivity contribution is -0.117. The molecule has 2 aliphatic rings. The van der Waals surface area contributed by atoms with Crippen LogP contribution in [0.2, 0.25) is 5.02 Å². The molecule has 3 aromatic heterocycles. The number of amides is 1. The quantitative estimate of drug-likeness (QED) is 0.444. The fraction of sp³-hybridized carbons (Fsp3) is 0.320. The Balaban J connectivity index is 1.33. The van der Waals surface area contributed by atoms with Gasteiger partial charge in [0, 0.05) is 48.9 Å². The summed E-state index contributed by atoms with van der Waals surface area (Å²) in [6.07, 6.45) is 6.06. The summed E-state index contributed by atoms with van der Waals surface area (Å²) in [5, 5.41) is 15.6. The van der Waals surface area contributed by atoms with Crippen LogP contribution in [-0.4, -0.2) is 51.1 Å². The maximum atomic E-state index is 15.4. The molecule has 0 unspecified atom stereocenters. The van der Waals surface area contributed by atoms with Gasteiger partial charge in [-0.3, -0.25) is 9.48 Å². The number of hydrogen-bond acceptors (Lipinski definition) is 7. The number of aromatic nitrogens is 5. The molecule has 9 nitrogen and oxygen atoms in total. The predicted octanol–water partition coefficient (Wildman–Crippen LogP) is 4.10. The van der Waals surface area contributed by atoms with Gasteiger partial charge in [-0.05, 0) is 42.5 Å². The number of hydrogen-bond donors (Lipinski definition) is 1. The van der Waals surface area contributed by atoms with Crippen LogP contribution < -0.4 is 15.0 Å². The maximum absolute atomic E-state index is 15.4. The summed E-state index contributed by atoms with van der Waals surface area (Å²) in [4.78, 5) is 19.3. The highest BCUT2D eigenvalue weighted by Crippen LogP contribution is 2.48. The molecule has 1 amide bonds. The summed E-state index contributed by atoms with van der Waals surface area (Å²) in [6.45, 7) is 3.16. The molecule has 1 saturated carbocycles. The van der Waals surface area contributed by atoms with Crippen LogP contribution in [0.1, 0.15) is 23.5 Å². The van der Waals surface area contributed by atoms with Crippen LogP contribution in [0.3, 0.4) is 0 Å². The van der Waals surface area contributed by atoms with Crippen molar-refractivity contribution in [3.05, 3.63) is 52.7 Å². The fourth-order valence-electron chi connectivity index (χ4n) is 4.88. The number of nitrogens with one attached hydrogen (secondary N) is 1. The molecule has 1 aromatic carbocycles. The molecule has 184 valence electrons. The summed E-state index contributed by atoms with van der Waals surface area (Å²) in [6, 6.07) is 3.32. The van der Waals surface area contributed by atoms with Gasteiger partial charge in [-0.1, -0.05) is 11.6 Å². The molecule has 0 bridgehead atoms. The Kier molecular flexibility index (Phi) is 5.29. The minimum Gasteiger partial charge on any atom is -0.474 e. The number of nitrogens with zero attached hydrogens (tertiary/aromatic N) is 6. The second kappa shape index (κ2) is 8.41. The van der Waals surface area contributed by atoms with Gasteiger partial charge < -0.3 is 15.0 Å². The van der Waals surface area contributed by atoms with Crippen LogP contribution in [0.25, 0.3) is 22.0 Å². The molecule has 1 fully saturated rings. The van der Waals surface area contributed by atoms with Gasteiger partial charge in [0.1, 0.15) is 22.8 Å². The largest absolute Gasteiger partial charge is 0.474 e. The zero-order chi connectivity index (χ0) is 25.1. The molecule has 0 spiro atoms. The number of rotatable bonds is 4. The van der Waals surface area contributed by atoms with Gasteiger partial charge in [0.2, 0.25) is 11.8 Å². The van der Waals surface area contributed by atoms with E-state index in [1.54, 1.807) is 29.2 Å². The minimum absolute atomic E-state index is 0.131. The van der Waals surface area contributed by atoms with E-state index in [4.69, 9.17) is 16.3 Å². The molecular weight excluding hydrogens is 485 g/mol. The van der Waals surface area contributed by atoms with Crippen LogP contribution in [0.15, 0.2) is 30.7 Å². The minimum atomic E-state index is -0.600. The number of aryl methyl sites for hydroxylation is 1. The lowest BCUT2D eigenvalue weighted by atomic mass is 9.98. The van der Waals surface area contributed by atoms with E-state index in [9.17, 15) is 4.79 Å². The standard InChI is InChI=1S/C25H23ClFN7O2/c1-12-18(10-28-25-23(12)33(2)4-5-36-25)16-6-13-7-19(31-32-22(13)20(26)21(16)27)30-24(35)17-8-15(17)14-9-29-34(3)11-14/h6-7,9-11,15,17H,4-5,8H2,1-3H3,(H,30,31,35)/t15-,17+/m1/s1. The first-order valence-electron chi connectivity index (χ1n) is 11.6. The van der Waals surface area contributed by atoms with E-state index in [1.165, 1.54) is 0 Å². The topological polar surface area (TPSA) is 98.1 Å². The Bertz CT molecular complexity index is 1540. The fourth-order valence-corrected chi connectivity index (χ4v) is 5.12. The van der Waals surface area contributed by atoms with Crippen LogP contribution in [0, 0.1) is 18.7 Å². The number of halogens is 2. The van der Waals surface area contributed by atoms with Crippen molar-refractivity contribution in [1.82, 2.24) is 25.0 Å². The van der Waals surface area contributed by atoms with Gasteiger partial charge in [-0.2, -0.15) is 5.10 Å². The number of benzene rings is 1. The van der Waals surface area contributed by atoms with E-state index >= 15 is 4.39 Å². The molecule has 36 heavy (non-hydrogen) atoms. The summed E-state index contributed by atoms with van der Waals surface area (Å²) < 4.78 is 22.8. The Labute approximate surface area is 211 Å². The number of carbonyl (C=O) groups is 1. The first-order chi connectivity index (χ1) is 17.3. The van der Waals surface area contributed by atoms with Gasteiger partial charge in [0.15, 0.2) is 11.6 Å². The molecule has 4 aromatic rings. The van der Waals surface area contributed by atoms with Crippen LogP contribution in [-0.2, 0) is 11.8 Å². The second-order valence-electron chi connectivity index (χ2n) is 9.33. The smallest absolute Gasteiger partial charge is 0.237 e. The Morgan fingerprint density at radius 3 is 2.83 bits per heavy atom. The summed E-state index contributed by atoms with van der Waals surface area (Å²) >= 11 is 6.38. The van der Waals surface area contributed by atoms with Crippen LogP contribution >= 0.6 is 11.6 Å². The third-order valence-corrected chi connectivity index (χ3v) is 7.25. The van der Waals surface area contributed by atoms with Crippen molar-refractivity contribution < 1.29 is 13.9 Å².